The van der Waals surface area contributed by atoms with Crippen molar-refractivity contribution < 1.29 is 13.2 Å². The summed E-state index contributed by atoms with van der Waals surface area (Å²) in [6.45, 7) is 2.48. The second-order valence-corrected chi connectivity index (χ2v) is 9.02. The van der Waals surface area contributed by atoms with Gasteiger partial charge in [-0.2, -0.15) is 0 Å². The van der Waals surface area contributed by atoms with E-state index in [1.807, 2.05) is 6.07 Å². The third-order valence-corrected chi connectivity index (χ3v) is 6.39. The number of likely N-dealkylation sites (tertiary alicyclic amines) is 1. The highest BCUT2D eigenvalue weighted by atomic mass is 32.2. The van der Waals surface area contributed by atoms with E-state index in [1.165, 1.54) is 23.4 Å². The molecule has 3 aliphatic rings. The van der Waals surface area contributed by atoms with Crippen molar-refractivity contribution in [3.63, 3.8) is 0 Å². The molecule has 6 nitrogen and oxygen atoms in total. The maximum Gasteiger partial charge on any atom is 0.251 e. The zero-order chi connectivity index (χ0) is 16.9. The Balaban J connectivity index is 1.44. The monoisotopic (exact) mass is 349 g/mol. The van der Waals surface area contributed by atoms with Crippen LogP contribution in [0.1, 0.15) is 35.2 Å². The number of nitrogens with one attached hydrogen (secondary N) is 1. The SMILES string of the molecule is CS(=O)(=O)N1CCc2cc(C(=O)N[C@@H]3CCN(C4CC4)C3)ccc21. The van der Waals surface area contributed by atoms with E-state index in [0.29, 0.717) is 24.2 Å². The van der Waals surface area contributed by atoms with Crippen LogP contribution in [0.15, 0.2) is 18.2 Å². The third kappa shape index (κ3) is 3.02. The molecule has 24 heavy (non-hydrogen) atoms. The van der Waals surface area contributed by atoms with E-state index < -0.39 is 10.0 Å². The number of amides is 1. The van der Waals surface area contributed by atoms with E-state index in [2.05, 4.69) is 10.2 Å². The number of anilines is 1. The smallest absolute Gasteiger partial charge is 0.251 e. The first-order chi connectivity index (χ1) is 11.4. The first-order valence-corrected chi connectivity index (χ1v) is 10.4. The number of nitrogens with zero attached hydrogens (tertiary/aromatic N) is 2. The van der Waals surface area contributed by atoms with E-state index in [4.69, 9.17) is 0 Å². The summed E-state index contributed by atoms with van der Waals surface area (Å²) in [4.78, 5) is 15.0. The van der Waals surface area contributed by atoms with Gasteiger partial charge in [0.05, 0.1) is 11.9 Å². The van der Waals surface area contributed by atoms with E-state index in [0.717, 1.165) is 31.1 Å². The molecule has 130 valence electrons. The number of benzene rings is 1. The molecule has 1 saturated heterocycles. The lowest BCUT2D eigenvalue weighted by atomic mass is 10.1. The molecular weight excluding hydrogens is 326 g/mol. The lowest BCUT2D eigenvalue weighted by Crippen LogP contribution is -2.37. The highest BCUT2D eigenvalue weighted by molar-refractivity contribution is 7.92. The fourth-order valence-corrected chi connectivity index (χ4v) is 4.76. The van der Waals surface area contributed by atoms with Crippen LogP contribution in [0.3, 0.4) is 0 Å². The van der Waals surface area contributed by atoms with Crippen molar-refractivity contribution in [2.24, 2.45) is 0 Å². The molecule has 0 radical (unpaired) electrons. The van der Waals surface area contributed by atoms with Crippen LogP contribution in [0, 0.1) is 0 Å². The molecule has 0 bridgehead atoms. The topological polar surface area (TPSA) is 69.7 Å². The summed E-state index contributed by atoms with van der Waals surface area (Å²) in [5.74, 6) is -0.0572. The molecule has 0 unspecified atom stereocenters. The number of hydrogen-bond acceptors (Lipinski definition) is 4. The Hall–Kier alpha value is -1.60. The van der Waals surface area contributed by atoms with Crippen molar-refractivity contribution in [3.8, 4) is 0 Å². The van der Waals surface area contributed by atoms with Gasteiger partial charge in [0.25, 0.3) is 5.91 Å². The van der Waals surface area contributed by atoms with Gasteiger partial charge in [-0.3, -0.25) is 14.0 Å². The molecule has 1 aromatic carbocycles. The minimum absolute atomic E-state index is 0.0572. The van der Waals surface area contributed by atoms with Gasteiger partial charge < -0.3 is 5.32 Å². The minimum Gasteiger partial charge on any atom is -0.348 e. The third-order valence-electron chi connectivity index (χ3n) is 5.21. The van der Waals surface area contributed by atoms with Gasteiger partial charge in [0.1, 0.15) is 0 Å². The van der Waals surface area contributed by atoms with Crippen LogP contribution in [-0.4, -0.2) is 57.2 Å². The standard InChI is InChI=1S/C17H23N3O3S/c1-24(22,23)20-9-6-12-10-13(2-5-16(12)20)17(21)18-14-7-8-19(11-14)15-3-4-15/h2,5,10,14-15H,3-4,6-9,11H2,1H3,(H,18,21)/t14-/m1/s1. The maximum atomic E-state index is 12.5. The van der Waals surface area contributed by atoms with Crippen molar-refractivity contribution in [1.29, 1.82) is 0 Å². The predicted octanol–water partition coefficient (Wildman–Crippen LogP) is 0.975. The van der Waals surface area contributed by atoms with Gasteiger partial charge in [0.2, 0.25) is 10.0 Å². The molecule has 0 spiro atoms. The Labute approximate surface area is 142 Å². The molecular formula is C17H23N3O3S. The average Bonchev–Trinajstić information content (AvgIpc) is 3.11. The predicted molar refractivity (Wildman–Crippen MR) is 92.8 cm³/mol. The van der Waals surface area contributed by atoms with Crippen molar-refractivity contribution in [2.45, 2.75) is 37.8 Å². The van der Waals surface area contributed by atoms with Crippen molar-refractivity contribution in [3.05, 3.63) is 29.3 Å². The highest BCUT2D eigenvalue weighted by Crippen LogP contribution is 2.31. The van der Waals surface area contributed by atoms with Crippen LogP contribution in [0.2, 0.25) is 0 Å². The molecule has 1 atom stereocenters. The molecule has 1 amide bonds. The van der Waals surface area contributed by atoms with E-state index in [1.54, 1.807) is 12.1 Å². The number of carbonyl (C=O) groups is 1. The van der Waals surface area contributed by atoms with Gasteiger partial charge in [0.15, 0.2) is 0 Å². The Morgan fingerprint density at radius 2 is 2.00 bits per heavy atom. The molecule has 1 aromatic rings. The minimum atomic E-state index is -3.25. The molecule has 1 saturated carbocycles. The lowest BCUT2D eigenvalue weighted by Gasteiger charge is -2.17. The normalized spacial score (nSPS) is 24.2. The van der Waals surface area contributed by atoms with Crippen LogP contribution in [0.25, 0.3) is 0 Å². The molecule has 2 heterocycles. The summed E-state index contributed by atoms with van der Waals surface area (Å²) < 4.78 is 25.0. The highest BCUT2D eigenvalue weighted by Gasteiger charge is 2.35. The van der Waals surface area contributed by atoms with Crippen LogP contribution in [-0.2, 0) is 16.4 Å². The lowest BCUT2D eigenvalue weighted by molar-refractivity contribution is 0.0937. The number of rotatable bonds is 4. The summed E-state index contributed by atoms with van der Waals surface area (Å²) >= 11 is 0. The molecule has 1 aliphatic carbocycles. The molecule has 2 aliphatic heterocycles. The molecule has 0 aromatic heterocycles. The van der Waals surface area contributed by atoms with E-state index in [-0.39, 0.29) is 11.9 Å². The summed E-state index contributed by atoms with van der Waals surface area (Å²) in [6.07, 6.45) is 5.47. The number of fused-ring (bicyclic) bond motifs is 1. The molecule has 1 N–H and O–H groups in total. The summed E-state index contributed by atoms with van der Waals surface area (Å²) in [6, 6.07) is 6.28. The van der Waals surface area contributed by atoms with E-state index in [9.17, 15) is 13.2 Å². The summed E-state index contributed by atoms with van der Waals surface area (Å²) in [7, 11) is -3.25. The fourth-order valence-electron chi connectivity index (χ4n) is 3.80. The largest absolute Gasteiger partial charge is 0.348 e. The van der Waals surface area contributed by atoms with Crippen molar-refractivity contribution in [2.75, 3.05) is 30.2 Å². The first-order valence-electron chi connectivity index (χ1n) is 8.57. The van der Waals surface area contributed by atoms with Gasteiger partial charge in [-0.1, -0.05) is 0 Å². The average molecular weight is 349 g/mol. The number of carbonyl (C=O) groups excluding carboxylic acids is 1. The van der Waals surface area contributed by atoms with Crippen LogP contribution in [0.5, 0.6) is 0 Å². The van der Waals surface area contributed by atoms with Gasteiger partial charge in [0, 0.05) is 37.3 Å². The van der Waals surface area contributed by atoms with Crippen LogP contribution < -0.4 is 9.62 Å². The fraction of sp³-hybridized carbons (Fsp3) is 0.588. The van der Waals surface area contributed by atoms with E-state index >= 15 is 0 Å². The molecule has 7 heteroatoms. The van der Waals surface area contributed by atoms with Crippen molar-refractivity contribution in [1.82, 2.24) is 10.2 Å². The first kappa shape index (κ1) is 15.9. The second-order valence-electron chi connectivity index (χ2n) is 7.11. The van der Waals surface area contributed by atoms with Crippen LogP contribution >= 0.6 is 0 Å². The van der Waals surface area contributed by atoms with Crippen molar-refractivity contribution >= 4 is 21.6 Å². The molecule has 4 rings (SSSR count). The number of sulfonamides is 1. The Kier molecular flexibility index (Phi) is 3.80. The molecule has 2 fully saturated rings. The summed E-state index contributed by atoms with van der Waals surface area (Å²) in [5.41, 5.74) is 2.25. The Morgan fingerprint density at radius 3 is 2.71 bits per heavy atom. The Morgan fingerprint density at radius 1 is 1.21 bits per heavy atom. The van der Waals surface area contributed by atoms with Gasteiger partial charge in [-0.25, -0.2) is 8.42 Å². The Bertz CT molecular complexity index is 773. The van der Waals surface area contributed by atoms with Gasteiger partial charge in [-0.05, 0) is 49.4 Å². The van der Waals surface area contributed by atoms with Crippen LogP contribution in [0.4, 0.5) is 5.69 Å². The van der Waals surface area contributed by atoms with Gasteiger partial charge >= 0.3 is 0 Å². The zero-order valence-electron chi connectivity index (χ0n) is 13.9. The maximum absolute atomic E-state index is 12.5. The quantitative estimate of drug-likeness (QED) is 0.880. The zero-order valence-corrected chi connectivity index (χ0v) is 14.7. The second kappa shape index (κ2) is 5.74. The van der Waals surface area contributed by atoms with Gasteiger partial charge in [-0.15, -0.1) is 0 Å². The number of hydrogen-bond donors (Lipinski definition) is 1. The summed E-state index contributed by atoms with van der Waals surface area (Å²) in [5, 5.41) is 3.13.